The highest BCUT2D eigenvalue weighted by Gasteiger charge is 2.38. The van der Waals surface area contributed by atoms with E-state index in [2.05, 4.69) is 15.3 Å². The Morgan fingerprint density at radius 1 is 1.16 bits per heavy atom. The topological polar surface area (TPSA) is 92.9 Å². The molecule has 0 aliphatic carbocycles. The number of nitrogens with zero attached hydrogens (tertiary/aromatic N) is 6. The van der Waals surface area contributed by atoms with Crippen molar-refractivity contribution in [2.75, 3.05) is 32.1 Å². The summed E-state index contributed by atoms with van der Waals surface area (Å²) >= 11 is 0. The van der Waals surface area contributed by atoms with E-state index in [1.165, 1.54) is 30.6 Å². The largest absolute Gasteiger partial charge is 0.495 e. The number of ether oxygens (including phenoxy) is 1. The Balaban J connectivity index is 1.54. The van der Waals surface area contributed by atoms with Crippen LogP contribution in [0, 0.1) is 5.82 Å². The molecule has 0 unspecified atom stereocenters. The van der Waals surface area contributed by atoms with Gasteiger partial charge < -0.3 is 9.64 Å². The third-order valence-electron chi connectivity index (χ3n) is 5.40. The lowest BCUT2D eigenvalue weighted by Crippen LogP contribution is -2.60. The van der Waals surface area contributed by atoms with Crippen LogP contribution in [-0.2, 0) is 15.4 Å². The Morgan fingerprint density at radius 2 is 1.87 bits per heavy atom. The lowest BCUT2D eigenvalue weighted by Gasteiger charge is -2.43. The fourth-order valence-electron chi connectivity index (χ4n) is 3.49. The number of aromatic nitrogens is 4. The Labute approximate surface area is 180 Å². The number of methoxy groups -OCH3 is 1. The van der Waals surface area contributed by atoms with E-state index in [0.717, 1.165) is 11.9 Å². The van der Waals surface area contributed by atoms with Crippen molar-refractivity contribution in [2.45, 2.75) is 37.1 Å². The zero-order chi connectivity index (χ0) is 22.6. The van der Waals surface area contributed by atoms with Crippen molar-refractivity contribution in [3.63, 3.8) is 0 Å². The molecule has 1 aromatic carbocycles. The van der Waals surface area contributed by atoms with Crippen LogP contribution < -0.4 is 9.64 Å². The molecule has 9 nitrogen and oxygen atoms in total. The lowest BCUT2D eigenvalue weighted by molar-refractivity contribution is 0.307. The molecule has 0 radical (unpaired) electrons. The van der Waals surface area contributed by atoms with Gasteiger partial charge in [-0.1, -0.05) is 20.8 Å². The van der Waals surface area contributed by atoms with Gasteiger partial charge in [0.05, 0.1) is 13.2 Å². The molecule has 166 valence electrons. The van der Waals surface area contributed by atoms with E-state index in [1.54, 1.807) is 4.52 Å². The minimum atomic E-state index is -3.93. The number of likely N-dealkylation sites (N-methyl/N-ethyl adjacent to an activating group) is 1. The zero-order valence-corrected chi connectivity index (χ0v) is 18.9. The van der Waals surface area contributed by atoms with Crippen LogP contribution in [0.15, 0.2) is 35.2 Å². The monoisotopic (exact) mass is 448 g/mol. The van der Waals surface area contributed by atoms with Crippen LogP contribution >= 0.6 is 0 Å². The standard InChI is InChI=1S/C20H25FN6O3S/c1-20(2,3)19-23-22-17-8-9-18(24-27(17)19)26-11-14(12-26)25(4)31(28,29)16-10-13(21)6-7-15(16)30-5/h6-10,14H,11-12H2,1-5H3. The molecule has 1 aliphatic heterocycles. The van der Waals surface area contributed by atoms with Gasteiger partial charge in [0.15, 0.2) is 11.5 Å². The first kappa shape index (κ1) is 21.4. The summed E-state index contributed by atoms with van der Waals surface area (Å²) in [4.78, 5) is 1.79. The summed E-state index contributed by atoms with van der Waals surface area (Å²) in [5.74, 6) is 0.936. The molecule has 2 aromatic heterocycles. The Hall–Kier alpha value is -2.79. The number of fused-ring (bicyclic) bond motifs is 1. The van der Waals surface area contributed by atoms with Gasteiger partial charge in [0.2, 0.25) is 10.0 Å². The summed E-state index contributed by atoms with van der Waals surface area (Å²) in [7, 11) is -1.07. The molecule has 0 bridgehead atoms. The minimum absolute atomic E-state index is 0.110. The molecule has 3 heterocycles. The van der Waals surface area contributed by atoms with Crippen LogP contribution in [0.2, 0.25) is 0 Å². The number of benzene rings is 1. The van der Waals surface area contributed by atoms with Crippen molar-refractivity contribution < 1.29 is 17.5 Å². The molecule has 3 aromatic rings. The molecule has 31 heavy (non-hydrogen) atoms. The van der Waals surface area contributed by atoms with Crippen LogP contribution in [0.25, 0.3) is 5.65 Å². The highest BCUT2D eigenvalue weighted by molar-refractivity contribution is 7.89. The molecule has 1 saturated heterocycles. The molecule has 1 aliphatic rings. The fourth-order valence-corrected chi connectivity index (χ4v) is 4.99. The first-order valence-electron chi connectivity index (χ1n) is 9.82. The van der Waals surface area contributed by atoms with Crippen LogP contribution in [0.5, 0.6) is 5.75 Å². The van der Waals surface area contributed by atoms with Gasteiger partial charge in [0.1, 0.15) is 22.3 Å². The van der Waals surface area contributed by atoms with Gasteiger partial charge in [-0.3, -0.25) is 0 Å². The average Bonchev–Trinajstić information content (AvgIpc) is 3.10. The maximum absolute atomic E-state index is 13.7. The van der Waals surface area contributed by atoms with Crippen LogP contribution in [0.3, 0.4) is 0 Å². The van der Waals surface area contributed by atoms with E-state index in [-0.39, 0.29) is 22.1 Å². The summed E-state index contributed by atoms with van der Waals surface area (Å²) < 4.78 is 47.9. The number of sulfonamides is 1. The van der Waals surface area contributed by atoms with Crippen LogP contribution in [-0.4, -0.2) is 65.8 Å². The van der Waals surface area contributed by atoms with Gasteiger partial charge in [-0.25, -0.2) is 12.8 Å². The van der Waals surface area contributed by atoms with Crippen molar-refractivity contribution in [1.29, 1.82) is 0 Å². The highest BCUT2D eigenvalue weighted by Crippen LogP contribution is 2.31. The fraction of sp³-hybridized carbons (Fsp3) is 0.450. The number of anilines is 1. The number of rotatable bonds is 5. The van der Waals surface area contributed by atoms with Crippen LogP contribution in [0.1, 0.15) is 26.6 Å². The maximum atomic E-state index is 13.7. The molecule has 0 N–H and O–H groups in total. The van der Waals surface area contributed by atoms with E-state index < -0.39 is 15.8 Å². The van der Waals surface area contributed by atoms with Crippen LogP contribution in [0.4, 0.5) is 10.2 Å². The summed E-state index contributed by atoms with van der Waals surface area (Å²) in [6.45, 7) is 7.03. The number of halogens is 1. The molecule has 0 amide bonds. The van der Waals surface area contributed by atoms with E-state index in [4.69, 9.17) is 4.74 Å². The maximum Gasteiger partial charge on any atom is 0.246 e. The Bertz CT molecular complexity index is 1230. The number of hydrogen-bond acceptors (Lipinski definition) is 7. The molecule has 4 rings (SSSR count). The van der Waals surface area contributed by atoms with E-state index in [9.17, 15) is 12.8 Å². The van der Waals surface area contributed by atoms with E-state index in [1.807, 2.05) is 37.8 Å². The van der Waals surface area contributed by atoms with E-state index >= 15 is 0 Å². The third-order valence-corrected chi connectivity index (χ3v) is 7.33. The molecule has 0 spiro atoms. The highest BCUT2D eigenvalue weighted by atomic mass is 32.2. The minimum Gasteiger partial charge on any atom is -0.495 e. The zero-order valence-electron chi connectivity index (χ0n) is 18.1. The van der Waals surface area contributed by atoms with Gasteiger partial charge in [-0.2, -0.15) is 8.82 Å². The van der Waals surface area contributed by atoms with Gasteiger partial charge in [0.25, 0.3) is 0 Å². The van der Waals surface area contributed by atoms with Crippen molar-refractivity contribution in [3.8, 4) is 5.75 Å². The summed E-state index contributed by atoms with van der Waals surface area (Å²) in [5, 5.41) is 13.1. The third kappa shape index (κ3) is 3.72. The first-order chi connectivity index (χ1) is 14.5. The summed E-state index contributed by atoms with van der Waals surface area (Å²) in [6.07, 6.45) is 0. The molecule has 0 saturated carbocycles. The Morgan fingerprint density at radius 3 is 2.52 bits per heavy atom. The predicted molar refractivity (Wildman–Crippen MR) is 113 cm³/mol. The summed E-state index contributed by atoms with van der Waals surface area (Å²) in [5.41, 5.74) is 0.435. The summed E-state index contributed by atoms with van der Waals surface area (Å²) in [6, 6.07) is 6.87. The van der Waals surface area contributed by atoms with Gasteiger partial charge >= 0.3 is 0 Å². The SMILES string of the molecule is COc1ccc(F)cc1S(=O)(=O)N(C)C1CN(c2ccc3nnc(C(C)(C)C)n3n2)C1. The second kappa shape index (κ2) is 7.41. The predicted octanol–water partition coefficient (Wildman–Crippen LogP) is 2.08. The quantitative estimate of drug-likeness (QED) is 0.590. The molecular formula is C20H25FN6O3S. The smallest absolute Gasteiger partial charge is 0.246 e. The molecule has 0 atom stereocenters. The van der Waals surface area contributed by atoms with E-state index in [0.29, 0.717) is 24.6 Å². The average molecular weight is 449 g/mol. The Kier molecular flexibility index (Phi) is 5.13. The normalized spacial score (nSPS) is 15.5. The van der Waals surface area contributed by atoms with Crippen molar-refractivity contribution in [2.24, 2.45) is 0 Å². The number of hydrogen-bond donors (Lipinski definition) is 0. The van der Waals surface area contributed by atoms with Gasteiger partial charge in [-0.15, -0.1) is 15.3 Å². The second-order valence-corrected chi connectivity index (χ2v) is 10.6. The first-order valence-corrected chi connectivity index (χ1v) is 11.3. The molecule has 1 fully saturated rings. The van der Waals surface area contributed by atoms with Crippen molar-refractivity contribution in [1.82, 2.24) is 24.1 Å². The lowest BCUT2D eigenvalue weighted by atomic mass is 9.96. The van der Waals surface area contributed by atoms with Crippen molar-refractivity contribution >= 4 is 21.5 Å². The van der Waals surface area contributed by atoms with Crippen molar-refractivity contribution in [3.05, 3.63) is 42.0 Å². The molecular weight excluding hydrogens is 423 g/mol. The van der Waals surface area contributed by atoms with Gasteiger partial charge in [-0.05, 0) is 30.3 Å². The molecule has 11 heteroatoms. The second-order valence-electron chi connectivity index (χ2n) is 8.61. The van der Waals surface area contributed by atoms with Gasteiger partial charge in [0, 0.05) is 25.6 Å².